The number of halogens is 2. The lowest BCUT2D eigenvalue weighted by Gasteiger charge is -2.38. The molecule has 0 spiro atoms. The van der Waals surface area contributed by atoms with E-state index >= 15 is 0 Å². The van der Waals surface area contributed by atoms with Gasteiger partial charge in [-0.05, 0) is 69.0 Å². The van der Waals surface area contributed by atoms with Crippen LogP contribution in [0.1, 0.15) is 22.8 Å². The van der Waals surface area contributed by atoms with Crippen molar-refractivity contribution in [3.05, 3.63) is 83.7 Å². The molecule has 168 valence electrons. The van der Waals surface area contributed by atoms with Crippen molar-refractivity contribution in [2.45, 2.75) is 29.3 Å². The third kappa shape index (κ3) is 5.26. The van der Waals surface area contributed by atoms with E-state index in [1.54, 1.807) is 23.9 Å². The van der Waals surface area contributed by atoms with Gasteiger partial charge in [0.1, 0.15) is 5.82 Å². The Labute approximate surface area is 199 Å². The molecule has 0 bridgehead atoms. The Morgan fingerprint density at radius 3 is 2.44 bits per heavy atom. The van der Waals surface area contributed by atoms with Gasteiger partial charge in [0, 0.05) is 34.5 Å². The summed E-state index contributed by atoms with van der Waals surface area (Å²) in [5.74, 6) is -0.425. The molecule has 1 atom stereocenters. The minimum atomic E-state index is -0.283. The molecule has 0 radical (unpaired) electrons. The monoisotopic (exact) mass is 471 g/mol. The molecule has 3 aromatic carbocycles. The molecule has 4 rings (SSSR count). The Morgan fingerprint density at radius 1 is 1.03 bits per heavy atom. The summed E-state index contributed by atoms with van der Waals surface area (Å²) in [6.07, 6.45) is 0. The van der Waals surface area contributed by atoms with E-state index < -0.39 is 0 Å². The number of benzene rings is 3. The van der Waals surface area contributed by atoms with Gasteiger partial charge in [-0.1, -0.05) is 36.0 Å². The number of nitrogens with zero attached hydrogens (tertiary/aromatic N) is 2. The van der Waals surface area contributed by atoms with Gasteiger partial charge < -0.3 is 15.1 Å². The molecule has 1 heterocycles. The van der Waals surface area contributed by atoms with Crippen molar-refractivity contribution >= 4 is 41.5 Å². The van der Waals surface area contributed by atoms with Gasteiger partial charge in [0.25, 0.3) is 5.91 Å². The second kappa shape index (κ2) is 10.4. The number of hydrogen-bond donors (Lipinski definition) is 1. The van der Waals surface area contributed by atoms with Gasteiger partial charge in [0.05, 0.1) is 11.4 Å². The highest BCUT2D eigenvalue weighted by molar-refractivity contribution is 7.99. The summed E-state index contributed by atoms with van der Waals surface area (Å²) in [6.45, 7) is 3.45. The molecule has 1 aliphatic rings. The van der Waals surface area contributed by atoms with E-state index in [0.29, 0.717) is 12.1 Å². The zero-order valence-electron chi connectivity index (χ0n) is 18.3. The van der Waals surface area contributed by atoms with Gasteiger partial charge in [-0.2, -0.15) is 0 Å². The van der Waals surface area contributed by atoms with Crippen LogP contribution in [-0.2, 0) is 6.54 Å². The van der Waals surface area contributed by atoms with Crippen LogP contribution in [0.25, 0.3) is 0 Å². The molecule has 7 heteroatoms. The van der Waals surface area contributed by atoms with Crippen LogP contribution in [-0.4, -0.2) is 37.5 Å². The third-order valence-electron chi connectivity index (χ3n) is 5.26. The van der Waals surface area contributed by atoms with Crippen LogP contribution in [0.5, 0.6) is 0 Å². The molecule has 32 heavy (non-hydrogen) atoms. The van der Waals surface area contributed by atoms with Crippen LogP contribution in [0.15, 0.2) is 76.5 Å². The molecule has 1 N–H and O–H groups in total. The molecule has 4 nitrogen and oxygen atoms in total. The Bertz CT molecular complexity index is 1090. The highest BCUT2D eigenvalue weighted by Gasteiger charge is 2.28. The van der Waals surface area contributed by atoms with Crippen molar-refractivity contribution in [1.82, 2.24) is 10.2 Å². The molecule has 1 unspecified atom stereocenters. The van der Waals surface area contributed by atoms with Crippen LogP contribution >= 0.6 is 24.2 Å². The molecular formula is C25H27ClFN3OS. The summed E-state index contributed by atoms with van der Waals surface area (Å²) >= 11 is 1.73. The average Bonchev–Trinajstić information content (AvgIpc) is 2.75. The van der Waals surface area contributed by atoms with Gasteiger partial charge in [0.2, 0.25) is 0 Å². The van der Waals surface area contributed by atoms with Gasteiger partial charge in [-0.15, -0.1) is 12.4 Å². The van der Waals surface area contributed by atoms with Crippen molar-refractivity contribution in [2.24, 2.45) is 0 Å². The van der Waals surface area contributed by atoms with Crippen LogP contribution in [0, 0.1) is 5.82 Å². The number of carbonyl (C=O) groups excluding carboxylic acids is 1. The fourth-order valence-electron chi connectivity index (χ4n) is 3.90. The van der Waals surface area contributed by atoms with Crippen LogP contribution in [0.3, 0.4) is 0 Å². The lowest BCUT2D eigenvalue weighted by molar-refractivity contribution is 0.0951. The van der Waals surface area contributed by atoms with E-state index in [4.69, 9.17) is 0 Å². The smallest absolute Gasteiger partial charge is 0.251 e. The minimum absolute atomic E-state index is 0. The van der Waals surface area contributed by atoms with Gasteiger partial charge >= 0.3 is 0 Å². The lowest BCUT2D eigenvalue weighted by Crippen LogP contribution is -2.38. The largest absolute Gasteiger partial charge is 0.348 e. The maximum Gasteiger partial charge on any atom is 0.251 e. The molecule has 0 fully saturated rings. The quantitative estimate of drug-likeness (QED) is 0.498. The van der Waals surface area contributed by atoms with Crippen molar-refractivity contribution in [1.29, 1.82) is 0 Å². The number of amides is 1. The summed E-state index contributed by atoms with van der Waals surface area (Å²) in [5, 5.41) is 2.94. The summed E-state index contributed by atoms with van der Waals surface area (Å²) in [7, 11) is 4.14. The van der Waals surface area contributed by atoms with E-state index in [2.05, 4.69) is 60.4 Å². The second-order valence-electron chi connectivity index (χ2n) is 8.04. The fourth-order valence-corrected chi connectivity index (χ4v) is 4.95. The molecule has 0 saturated heterocycles. The molecule has 1 amide bonds. The number of nitrogens with one attached hydrogen (secondary N) is 1. The number of carbonyl (C=O) groups is 1. The first-order chi connectivity index (χ1) is 14.9. The molecule has 0 aromatic heterocycles. The molecule has 3 aromatic rings. The van der Waals surface area contributed by atoms with E-state index in [-0.39, 0.29) is 30.2 Å². The Morgan fingerprint density at radius 2 is 1.72 bits per heavy atom. The Balaban J connectivity index is 0.00000289. The van der Waals surface area contributed by atoms with Crippen molar-refractivity contribution in [3.63, 3.8) is 0 Å². The first kappa shape index (κ1) is 24.1. The van der Waals surface area contributed by atoms with Crippen LogP contribution < -0.4 is 10.2 Å². The molecule has 0 aliphatic carbocycles. The van der Waals surface area contributed by atoms with E-state index in [1.807, 2.05) is 18.2 Å². The molecule has 0 saturated carbocycles. The number of fused-ring (bicyclic) bond motifs is 2. The summed E-state index contributed by atoms with van der Waals surface area (Å²) in [5.41, 5.74) is 3.69. The molecule has 1 aliphatic heterocycles. The van der Waals surface area contributed by atoms with Crippen LogP contribution in [0.4, 0.5) is 15.8 Å². The van der Waals surface area contributed by atoms with E-state index in [1.165, 1.54) is 22.7 Å². The number of anilines is 2. The summed E-state index contributed by atoms with van der Waals surface area (Å²) < 4.78 is 13.1. The third-order valence-corrected chi connectivity index (χ3v) is 6.39. The Kier molecular flexibility index (Phi) is 7.82. The van der Waals surface area contributed by atoms with Crippen LogP contribution in [0.2, 0.25) is 0 Å². The number of rotatable bonds is 6. The number of likely N-dealkylation sites (N-methyl/N-ethyl adjacent to an activating group) is 1. The lowest BCUT2D eigenvalue weighted by atomic mass is 10.1. The maximum atomic E-state index is 13.1. The first-order valence-corrected chi connectivity index (χ1v) is 11.1. The summed E-state index contributed by atoms with van der Waals surface area (Å²) in [4.78, 5) is 19.7. The number of hydrogen-bond acceptors (Lipinski definition) is 4. The highest BCUT2D eigenvalue weighted by Crippen LogP contribution is 2.49. The highest BCUT2D eigenvalue weighted by atomic mass is 35.5. The topological polar surface area (TPSA) is 35.6 Å². The predicted molar refractivity (Wildman–Crippen MR) is 132 cm³/mol. The standard InChI is InChI=1S/C25H26FN3OS.ClH/c1-17(16-28(2)3)29-21-6-4-5-7-23(21)31-24-13-10-19(14-22(24)29)25(30)27-15-18-8-11-20(26)12-9-18;/h4-14,17H,15-16H2,1-3H3,(H,27,30);1H. The van der Waals surface area contributed by atoms with Gasteiger partial charge in [0.15, 0.2) is 0 Å². The SMILES string of the molecule is CC(CN(C)C)N1c2ccccc2Sc2ccc(C(=O)NCc3ccc(F)cc3)cc21.Cl. The normalized spacial score (nSPS) is 13.1. The zero-order chi connectivity index (χ0) is 22.0. The molecular weight excluding hydrogens is 445 g/mol. The number of para-hydroxylation sites is 1. The van der Waals surface area contributed by atoms with Crippen molar-refractivity contribution < 1.29 is 9.18 Å². The predicted octanol–water partition coefficient (Wildman–Crippen LogP) is 5.73. The average molecular weight is 472 g/mol. The maximum absolute atomic E-state index is 13.1. The fraction of sp³-hybridized carbons (Fsp3) is 0.240. The van der Waals surface area contributed by atoms with Gasteiger partial charge in [-0.3, -0.25) is 4.79 Å². The first-order valence-electron chi connectivity index (χ1n) is 10.3. The minimum Gasteiger partial charge on any atom is -0.348 e. The van der Waals surface area contributed by atoms with E-state index in [9.17, 15) is 9.18 Å². The second-order valence-corrected chi connectivity index (χ2v) is 9.13. The summed E-state index contributed by atoms with van der Waals surface area (Å²) in [6, 6.07) is 20.7. The Hall–Kier alpha value is -2.54. The van der Waals surface area contributed by atoms with Gasteiger partial charge in [-0.25, -0.2) is 4.39 Å². The van der Waals surface area contributed by atoms with E-state index in [0.717, 1.165) is 22.7 Å². The van der Waals surface area contributed by atoms with Crippen molar-refractivity contribution in [3.8, 4) is 0 Å². The zero-order valence-corrected chi connectivity index (χ0v) is 20.0. The van der Waals surface area contributed by atoms with Crippen molar-refractivity contribution in [2.75, 3.05) is 25.5 Å².